The lowest BCUT2D eigenvalue weighted by molar-refractivity contribution is -0.140. The van der Waals surface area contributed by atoms with E-state index in [2.05, 4.69) is 15.6 Å². The average Bonchev–Trinajstić information content (AvgIpc) is 2.77. The van der Waals surface area contributed by atoms with Crippen LogP contribution in [0, 0.1) is 6.92 Å². The summed E-state index contributed by atoms with van der Waals surface area (Å²) in [5.41, 5.74) is 0.845. The summed E-state index contributed by atoms with van der Waals surface area (Å²) in [6.07, 6.45) is -0.503. The number of aromatic nitrogens is 1. The molecule has 110 valence electrons. The van der Waals surface area contributed by atoms with Crippen LogP contribution in [0.4, 0.5) is 4.79 Å². The summed E-state index contributed by atoms with van der Waals surface area (Å²) in [4.78, 5) is 36.9. The fraction of sp³-hybridized carbons (Fsp3) is 0.455. The van der Waals surface area contributed by atoms with E-state index in [0.717, 1.165) is 5.69 Å². The maximum absolute atomic E-state index is 11.5. The van der Waals surface area contributed by atoms with Gasteiger partial charge in [0.1, 0.15) is 11.0 Å². The third-order valence-electron chi connectivity index (χ3n) is 2.32. The molecule has 20 heavy (non-hydrogen) atoms. The van der Waals surface area contributed by atoms with Gasteiger partial charge in [0.25, 0.3) is 0 Å². The van der Waals surface area contributed by atoms with Crippen LogP contribution in [-0.2, 0) is 16.1 Å². The fourth-order valence-corrected chi connectivity index (χ4v) is 2.09. The van der Waals surface area contributed by atoms with Crippen molar-refractivity contribution in [2.45, 2.75) is 32.4 Å². The minimum atomic E-state index is -1.27. The highest BCUT2D eigenvalue weighted by Gasteiger charge is 2.20. The van der Waals surface area contributed by atoms with Crippen LogP contribution < -0.4 is 10.6 Å². The predicted octanol–water partition coefficient (Wildman–Crippen LogP) is 0.569. The van der Waals surface area contributed by atoms with E-state index in [-0.39, 0.29) is 19.4 Å². The number of aryl methyl sites for hydroxylation is 1. The van der Waals surface area contributed by atoms with Crippen molar-refractivity contribution in [2.24, 2.45) is 0 Å². The molecule has 0 aliphatic rings. The first-order valence-corrected chi connectivity index (χ1v) is 6.66. The predicted molar refractivity (Wildman–Crippen MR) is 70.5 cm³/mol. The molecule has 1 aromatic heterocycles. The van der Waals surface area contributed by atoms with E-state index in [9.17, 15) is 14.4 Å². The molecule has 1 atom stereocenters. The van der Waals surface area contributed by atoms with Crippen LogP contribution in [0.15, 0.2) is 5.38 Å². The normalized spacial score (nSPS) is 11.7. The summed E-state index contributed by atoms with van der Waals surface area (Å²) in [5, 5.41) is 24.6. The highest BCUT2D eigenvalue weighted by Crippen LogP contribution is 2.07. The van der Waals surface area contributed by atoms with Crippen molar-refractivity contribution in [2.75, 3.05) is 0 Å². The topological polar surface area (TPSA) is 129 Å². The maximum atomic E-state index is 11.5. The van der Waals surface area contributed by atoms with Gasteiger partial charge in [-0.05, 0) is 13.3 Å². The number of carboxylic acid groups (broad SMARTS) is 2. The molecular weight excluding hydrogens is 286 g/mol. The monoisotopic (exact) mass is 301 g/mol. The van der Waals surface area contributed by atoms with Gasteiger partial charge in [0.05, 0.1) is 6.54 Å². The molecule has 0 aliphatic heterocycles. The minimum Gasteiger partial charge on any atom is -0.481 e. The summed E-state index contributed by atoms with van der Waals surface area (Å²) in [5.74, 6) is -2.39. The number of thiazole rings is 1. The van der Waals surface area contributed by atoms with E-state index in [1.54, 1.807) is 0 Å². The number of nitrogens with one attached hydrogen (secondary N) is 2. The molecule has 8 nitrogen and oxygen atoms in total. The standard InChI is InChI=1S/C11H15N3O5S/c1-6-5-20-8(13-6)4-12-11(19)14-7(10(17)18)2-3-9(15)16/h5,7H,2-4H2,1H3,(H,15,16)(H,17,18)(H2,12,14,19). The van der Waals surface area contributed by atoms with Gasteiger partial charge in [-0.1, -0.05) is 0 Å². The molecule has 1 unspecified atom stereocenters. The molecule has 0 aliphatic carbocycles. The summed E-state index contributed by atoms with van der Waals surface area (Å²) in [6, 6.07) is -1.90. The Balaban J connectivity index is 2.41. The molecule has 4 N–H and O–H groups in total. The Hall–Kier alpha value is -2.16. The van der Waals surface area contributed by atoms with E-state index in [4.69, 9.17) is 10.2 Å². The second-order valence-electron chi connectivity index (χ2n) is 4.03. The van der Waals surface area contributed by atoms with Gasteiger partial charge in [-0.3, -0.25) is 4.79 Å². The lowest BCUT2D eigenvalue weighted by Gasteiger charge is -2.13. The molecular formula is C11H15N3O5S. The first-order valence-electron chi connectivity index (χ1n) is 5.78. The highest BCUT2D eigenvalue weighted by molar-refractivity contribution is 7.09. The molecule has 0 saturated heterocycles. The van der Waals surface area contributed by atoms with Gasteiger partial charge in [0.2, 0.25) is 0 Å². The number of hydrogen-bond acceptors (Lipinski definition) is 5. The van der Waals surface area contributed by atoms with Gasteiger partial charge < -0.3 is 20.8 Å². The zero-order valence-electron chi connectivity index (χ0n) is 10.8. The van der Waals surface area contributed by atoms with Crippen LogP contribution in [0.25, 0.3) is 0 Å². The van der Waals surface area contributed by atoms with Gasteiger partial charge >= 0.3 is 18.0 Å². The van der Waals surface area contributed by atoms with Crippen LogP contribution in [-0.4, -0.2) is 39.2 Å². The first kappa shape index (κ1) is 15.9. The van der Waals surface area contributed by atoms with Crippen LogP contribution in [0.5, 0.6) is 0 Å². The van der Waals surface area contributed by atoms with E-state index in [1.165, 1.54) is 11.3 Å². The van der Waals surface area contributed by atoms with E-state index in [0.29, 0.717) is 5.01 Å². The Kier molecular flexibility index (Phi) is 5.91. The summed E-state index contributed by atoms with van der Waals surface area (Å²) in [7, 11) is 0. The van der Waals surface area contributed by atoms with E-state index >= 15 is 0 Å². The van der Waals surface area contributed by atoms with Crippen LogP contribution in [0.2, 0.25) is 0 Å². The highest BCUT2D eigenvalue weighted by atomic mass is 32.1. The number of aliphatic carboxylic acids is 2. The molecule has 1 heterocycles. The Morgan fingerprint density at radius 2 is 2.10 bits per heavy atom. The molecule has 0 radical (unpaired) electrons. The van der Waals surface area contributed by atoms with Crippen LogP contribution in [0.3, 0.4) is 0 Å². The molecule has 1 rings (SSSR count). The van der Waals surface area contributed by atoms with Crippen molar-refractivity contribution in [1.82, 2.24) is 15.6 Å². The van der Waals surface area contributed by atoms with Crippen molar-refractivity contribution in [1.29, 1.82) is 0 Å². The summed E-state index contributed by atoms with van der Waals surface area (Å²) >= 11 is 1.38. The Labute approximate surface area is 118 Å². The lowest BCUT2D eigenvalue weighted by atomic mass is 10.1. The number of hydrogen-bond donors (Lipinski definition) is 4. The molecule has 1 aromatic rings. The Morgan fingerprint density at radius 3 is 2.60 bits per heavy atom. The zero-order valence-corrected chi connectivity index (χ0v) is 11.6. The van der Waals surface area contributed by atoms with Crippen molar-refractivity contribution in [3.63, 3.8) is 0 Å². The quantitative estimate of drug-likeness (QED) is 0.582. The largest absolute Gasteiger partial charge is 0.481 e. The Morgan fingerprint density at radius 1 is 1.40 bits per heavy atom. The number of carbonyl (C=O) groups excluding carboxylic acids is 1. The molecule has 0 fully saturated rings. The Bertz CT molecular complexity index is 502. The minimum absolute atomic E-state index is 0.172. The number of amides is 2. The number of carbonyl (C=O) groups is 3. The average molecular weight is 301 g/mol. The van der Waals surface area contributed by atoms with Crippen molar-refractivity contribution >= 4 is 29.3 Å². The second kappa shape index (κ2) is 7.43. The van der Waals surface area contributed by atoms with E-state index < -0.39 is 24.0 Å². The SMILES string of the molecule is Cc1csc(CNC(=O)NC(CCC(=O)O)C(=O)O)n1. The molecule has 2 amide bonds. The van der Waals surface area contributed by atoms with Crippen molar-refractivity contribution < 1.29 is 24.6 Å². The lowest BCUT2D eigenvalue weighted by Crippen LogP contribution is -2.46. The molecule has 0 bridgehead atoms. The van der Waals surface area contributed by atoms with Gasteiger partial charge in [-0.2, -0.15) is 0 Å². The zero-order chi connectivity index (χ0) is 15.1. The van der Waals surface area contributed by atoms with Crippen molar-refractivity contribution in [3.8, 4) is 0 Å². The smallest absolute Gasteiger partial charge is 0.326 e. The third-order valence-corrected chi connectivity index (χ3v) is 3.28. The number of rotatable bonds is 7. The molecule has 0 saturated carbocycles. The van der Waals surface area contributed by atoms with Crippen LogP contribution >= 0.6 is 11.3 Å². The second-order valence-corrected chi connectivity index (χ2v) is 4.98. The molecule has 9 heteroatoms. The van der Waals surface area contributed by atoms with Crippen LogP contribution in [0.1, 0.15) is 23.5 Å². The first-order chi connectivity index (χ1) is 9.38. The van der Waals surface area contributed by atoms with Gasteiger partial charge in [-0.25, -0.2) is 14.6 Å². The van der Waals surface area contributed by atoms with Crippen molar-refractivity contribution in [3.05, 3.63) is 16.1 Å². The number of carboxylic acids is 2. The molecule has 0 aromatic carbocycles. The van der Waals surface area contributed by atoms with Gasteiger partial charge in [0, 0.05) is 17.5 Å². The summed E-state index contributed by atoms with van der Waals surface area (Å²) < 4.78 is 0. The molecule has 0 spiro atoms. The number of nitrogens with zero attached hydrogens (tertiary/aromatic N) is 1. The third kappa shape index (κ3) is 5.65. The summed E-state index contributed by atoms with van der Waals surface area (Å²) in [6.45, 7) is 2.02. The van der Waals surface area contributed by atoms with E-state index in [1.807, 2.05) is 12.3 Å². The van der Waals surface area contributed by atoms with Gasteiger partial charge in [-0.15, -0.1) is 11.3 Å². The van der Waals surface area contributed by atoms with Gasteiger partial charge in [0.15, 0.2) is 0 Å². The maximum Gasteiger partial charge on any atom is 0.326 e. The fourth-order valence-electron chi connectivity index (χ4n) is 1.37. The number of urea groups is 1.